The number of H-pyrrole nitrogens is 1. The molecule has 4 rings (SSSR count). The number of carbonyl (C=O) groups excluding carboxylic acids is 1. The van der Waals surface area contributed by atoms with Crippen LogP contribution in [0.5, 0.6) is 11.5 Å². The van der Waals surface area contributed by atoms with E-state index < -0.39 is 0 Å². The van der Waals surface area contributed by atoms with Crippen LogP contribution in [0, 0.1) is 0 Å². The number of hydrogen-bond donors (Lipinski definition) is 2. The molecular weight excluding hydrogens is 368 g/mol. The van der Waals surface area contributed by atoms with E-state index >= 15 is 0 Å². The number of rotatable bonds is 7. The molecule has 2 heterocycles. The van der Waals surface area contributed by atoms with Gasteiger partial charge in [0.2, 0.25) is 0 Å². The number of hydrogen-bond acceptors (Lipinski definition) is 4. The highest BCUT2D eigenvalue weighted by Gasteiger charge is 2.16. The van der Waals surface area contributed by atoms with E-state index in [-0.39, 0.29) is 5.91 Å². The number of benzene rings is 2. The first-order chi connectivity index (χ1) is 14.1. The lowest BCUT2D eigenvalue weighted by Gasteiger charge is -2.09. The third kappa shape index (κ3) is 3.63. The molecule has 2 N–H and O–H groups in total. The van der Waals surface area contributed by atoms with Gasteiger partial charge in [0.05, 0.1) is 30.8 Å². The summed E-state index contributed by atoms with van der Waals surface area (Å²) in [5.74, 6) is 2.11. The molecule has 7 nitrogen and oxygen atoms in total. The van der Waals surface area contributed by atoms with Crippen LogP contribution in [0.1, 0.15) is 22.7 Å². The van der Waals surface area contributed by atoms with Gasteiger partial charge in [0.15, 0.2) is 11.5 Å². The average molecular weight is 392 g/mol. The molecule has 0 saturated carbocycles. The van der Waals surface area contributed by atoms with Crippen LogP contribution >= 0.6 is 0 Å². The van der Waals surface area contributed by atoms with E-state index in [1.54, 1.807) is 14.2 Å². The number of para-hydroxylation sites is 2. The summed E-state index contributed by atoms with van der Waals surface area (Å²) in [6.45, 7) is 0.573. The summed E-state index contributed by atoms with van der Waals surface area (Å²) in [6, 6.07) is 13.6. The number of imidazole rings is 1. The van der Waals surface area contributed by atoms with Gasteiger partial charge in [0, 0.05) is 31.5 Å². The van der Waals surface area contributed by atoms with Crippen LogP contribution in [-0.2, 0) is 13.5 Å². The minimum Gasteiger partial charge on any atom is -0.493 e. The molecule has 0 radical (unpaired) electrons. The maximum atomic E-state index is 12.7. The minimum atomic E-state index is -0.105. The van der Waals surface area contributed by atoms with Gasteiger partial charge in [-0.1, -0.05) is 12.1 Å². The number of carbonyl (C=O) groups is 1. The van der Waals surface area contributed by atoms with Gasteiger partial charge < -0.3 is 24.3 Å². The number of ether oxygens (including phenoxy) is 2. The van der Waals surface area contributed by atoms with E-state index in [1.165, 1.54) is 0 Å². The zero-order valence-corrected chi connectivity index (χ0v) is 16.8. The van der Waals surface area contributed by atoms with Crippen LogP contribution in [-0.4, -0.2) is 41.2 Å². The smallest absolute Gasteiger partial charge is 0.267 e. The fourth-order valence-electron chi connectivity index (χ4n) is 3.55. The van der Waals surface area contributed by atoms with E-state index in [2.05, 4.69) is 15.3 Å². The van der Waals surface area contributed by atoms with E-state index in [9.17, 15) is 4.79 Å². The van der Waals surface area contributed by atoms with E-state index in [0.717, 1.165) is 40.6 Å². The largest absolute Gasteiger partial charge is 0.493 e. The SMILES string of the molecule is COc1cc2cc(C(=O)NCCCc3nc4ccccc4[nH]3)n(C)c2cc1OC. The van der Waals surface area contributed by atoms with Gasteiger partial charge in [-0.3, -0.25) is 4.79 Å². The molecule has 0 unspecified atom stereocenters. The molecule has 2 aromatic carbocycles. The number of amides is 1. The van der Waals surface area contributed by atoms with Crippen LogP contribution < -0.4 is 14.8 Å². The third-order valence-electron chi connectivity index (χ3n) is 5.09. The second kappa shape index (κ2) is 7.87. The Kier molecular flexibility index (Phi) is 5.12. The summed E-state index contributed by atoms with van der Waals surface area (Å²) in [6.07, 6.45) is 1.58. The van der Waals surface area contributed by atoms with Gasteiger partial charge >= 0.3 is 0 Å². The molecule has 4 aromatic rings. The van der Waals surface area contributed by atoms with Crippen molar-refractivity contribution in [3.8, 4) is 11.5 Å². The molecule has 0 aliphatic carbocycles. The quantitative estimate of drug-likeness (QED) is 0.472. The molecule has 150 valence electrons. The molecule has 7 heteroatoms. The molecule has 0 atom stereocenters. The highest BCUT2D eigenvalue weighted by atomic mass is 16.5. The Morgan fingerprint density at radius 2 is 1.90 bits per heavy atom. The summed E-state index contributed by atoms with van der Waals surface area (Å²) in [4.78, 5) is 20.6. The van der Waals surface area contributed by atoms with Crippen LogP contribution in [0.15, 0.2) is 42.5 Å². The first-order valence-corrected chi connectivity index (χ1v) is 9.54. The van der Waals surface area contributed by atoms with Crippen LogP contribution in [0.4, 0.5) is 0 Å². The summed E-state index contributed by atoms with van der Waals surface area (Å²) in [5.41, 5.74) is 3.51. The number of aromatic nitrogens is 3. The van der Waals surface area contributed by atoms with Crippen molar-refractivity contribution in [2.45, 2.75) is 12.8 Å². The van der Waals surface area contributed by atoms with Crippen molar-refractivity contribution in [2.75, 3.05) is 20.8 Å². The number of nitrogens with one attached hydrogen (secondary N) is 2. The molecule has 0 saturated heterocycles. The van der Waals surface area contributed by atoms with Crippen molar-refractivity contribution in [3.05, 3.63) is 54.0 Å². The summed E-state index contributed by atoms with van der Waals surface area (Å²) >= 11 is 0. The van der Waals surface area contributed by atoms with Crippen molar-refractivity contribution >= 4 is 27.8 Å². The Hall–Kier alpha value is -3.48. The zero-order valence-electron chi connectivity index (χ0n) is 16.8. The van der Waals surface area contributed by atoms with Gasteiger partial charge in [-0.2, -0.15) is 0 Å². The van der Waals surface area contributed by atoms with Gasteiger partial charge in [0.25, 0.3) is 5.91 Å². The lowest BCUT2D eigenvalue weighted by atomic mass is 10.2. The number of aromatic amines is 1. The minimum absolute atomic E-state index is 0.105. The van der Waals surface area contributed by atoms with Gasteiger partial charge in [0.1, 0.15) is 11.5 Å². The topological polar surface area (TPSA) is 81.2 Å². The van der Waals surface area contributed by atoms with Gasteiger partial charge in [-0.05, 0) is 30.7 Å². The molecular formula is C22H24N4O3. The fraction of sp³-hybridized carbons (Fsp3) is 0.273. The Morgan fingerprint density at radius 1 is 1.14 bits per heavy atom. The first kappa shape index (κ1) is 18.9. The second-order valence-electron chi connectivity index (χ2n) is 6.91. The third-order valence-corrected chi connectivity index (χ3v) is 5.09. The van der Waals surface area contributed by atoms with Crippen molar-refractivity contribution in [1.29, 1.82) is 0 Å². The van der Waals surface area contributed by atoms with E-state index in [4.69, 9.17) is 9.47 Å². The van der Waals surface area contributed by atoms with Crippen molar-refractivity contribution < 1.29 is 14.3 Å². The Balaban J connectivity index is 1.41. The van der Waals surface area contributed by atoms with Crippen molar-refractivity contribution in [3.63, 3.8) is 0 Å². The highest BCUT2D eigenvalue weighted by molar-refractivity contribution is 5.99. The maximum absolute atomic E-state index is 12.7. The Bertz CT molecular complexity index is 1140. The molecule has 0 fully saturated rings. The maximum Gasteiger partial charge on any atom is 0.267 e. The monoisotopic (exact) mass is 392 g/mol. The van der Waals surface area contributed by atoms with Crippen molar-refractivity contribution in [1.82, 2.24) is 19.9 Å². The van der Waals surface area contributed by atoms with Crippen molar-refractivity contribution in [2.24, 2.45) is 7.05 Å². The number of fused-ring (bicyclic) bond motifs is 2. The summed E-state index contributed by atoms with van der Waals surface area (Å²) < 4.78 is 12.6. The number of nitrogens with zero attached hydrogens (tertiary/aromatic N) is 2. The zero-order chi connectivity index (χ0) is 20.4. The second-order valence-corrected chi connectivity index (χ2v) is 6.91. The number of aryl methyl sites for hydroxylation is 2. The molecule has 0 aliphatic rings. The predicted octanol–water partition coefficient (Wildman–Crippen LogP) is 3.43. The fourth-order valence-corrected chi connectivity index (χ4v) is 3.55. The van der Waals surface area contributed by atoms with Gasteiger partial charge in [-0.15, -0.1) is 0 Å². The normalized spacial score (nSPS) is 11.1. The average Bonchev–Trinajstić information content (AvgIpc) is 3.30. The summed E-state index contributed by atoms with van der Waals surface area (Å²) in [5, 5.41) is 3.93. The van der Waals surface area contributed by atoms with Crippen LogP contribution in [0.25, 0.3) is 21.9 Å². The standard InChI is InChI=1S/C22H24N4O3/c1-26-17-13-20(29-3)19(28-2)12-14(17)11-18(26)22(27)23-10-6-9-21-24-15-7-4-5-8-16(15)25-21/h4-5,7-8,11-13H,6,9-10H2,1-3H3,(H,23,27)(H,24,25). The van der Waals surface area contributed by atoms with E-state index in [0.29, 0.717) is 23.7 Å². The van der Waals surface area contributed by atoms with Crippen LogP contribution in [0.3, 0.4) is 0 Å². The molecule has 29 heavy (non-hydrogen) atoms. The number of methoxy groups -OCH3 is 2. The van der Waals surface area contributed by atoms with Crippen LogP contribution in [0.2, 0.25) is 0 Å². The first-order valence-electron chi connectivity index (χ1n) is 9.54. The highest BCUT2D eigenvalue weighted by Crippen LogP contribution is 2.33. The lowest BCUT2D eigenvalue weighted by molar-refractivity contribution is 0.0945. The predicted molar refractivity (Wildman–Crippen MR) is 113 cm³/mol. The molecule has 0 aliphatic heterocycles. The Labute approximate surface area is 168 Å². The molecule has 0 spiro atoms. The molecule has 1 amide bonds. The van der Waals surface area contributed by atoms with Gasteiger partial charge in [-0.25, -0.2) is 4.98 Å². The molecule has 0 bridgehead atoms. The lowest BCUT2D eigenvalue weighted by Crippen LogP contribution is -2.26. The summed E-state index contributed by atoms with van der Waals surface area (Å²) in [7, 11) is 5.07. The van der Waals surface area contributed by atoms with E-state index in [1.807, 2.05) is 54.1 Å². The molecule has 2 aromatic heterocycles. The Morgan fingerprint density at radius 3 is 2.66 bits per heavy atom.